The van der Waals surface area contributed by atoms with Crippen LogP contribution < -0.4 is 0 Å². The quantitative estimate of drug-likeness (QED) is 0.749. The molecule has 1 amide bonds. The largest absolute Gasteiger partial charge is 0.333 e. The van der Waals surface area contributed by atoms with Crippen LogP contribution in [0.3, 0.4) is 0 Å². The third-order valence-electron chi connectivity index (χ3n) is 2.68. The first kappa shape index (κ1) is 11.9. The van der Waals surface area contributed by atoms with E-state index in [2.05, 4.69) is 0 Å². The second kappa shape index (κ2) is 4.71. The van der Waals surface area contributed by atoms with Gasteiger partial charge in [-0.2, -0.15) is 0 Å². The van der Waals surface area contributed by atoms with Crippen LogP contribution in [0.2, 0.25) is 0 Å². The van der Waals surface area contributed by atoms with E-state index in [0.29, 0.717) is 13.0 Å². The summed E-state index contributed by atoms with van der Waals surface area (Å²) in [6.07, 6.45) is 2.26. The number of carbonyl (C=O) groups is 1. The van der Waals surface area contributed by atoms with Gasteiger partial charge in [-0.25, -0.2) is 8.42 Å². The standard InChI is InChI=1S/C12H13NO3S/c14-10-13(8-11-4-2-1-3-5-11)12-6-7-17(15,16)9-12/h1-7,10,12H,8-9H2/t12-/m0/s1. The van der Waals surface area contributed by atoms with Gasteiger partial charge in [-0.1, -0.05) is 30.3 Å². The molecule has 0 spiro atoms. The summed E-state index contributed by atoms with van der Waals surface area (Å²) < 4.78 is 22.6. The van der Waals surface area contributed by atoms with E-state index in [1.54, 1.807) is 6.08 Å². The molecule has 2 rings (SSSR count). The van der Waals surface area contributed by atoms with Crippen molar-refractivity contribution in [3.05, 3.63) is 47.4 Å². The Balaban J connectivity index is 2.09. The lowest BCUT2D eigenvalue weighted by atomic mass is 10.2. The van der Waals surface area contributed by atoms with Gasteiger partial charge < -0.3 is 4.90 Å². The van der Waals surface area contributed by atoms with Gasteiger partial charge in [0.1, 0.15) is 0 Å². The number of sulfone groups is 1. The summed E-state index contributed by atoms with van der Waals surface area (Å²) in [5, 5.41) is 1.18. The Labute approximate surface area is 100 Å². The monoisotopic (exact) mass is 251 g/mol. The predicted molar refractivity (Wildman–Crippen MR) is 64.8 cm³/mol. The van der Waals surface area contributed by atoms with E-state index in [9.17, 15) is 13.2 Å². The minimum absolute atomic E-state index is 0.0153. The first-order valence-corrected chi connectivity index (χ1v) is 6.98. The summed E-state index contributed by atoms with van der Waals surface area (Å²) in [5.41, 5.74) is 0.984. The maximum Gasteiger partial charge on any atom is 0.210 e. The lowest BCUT2D eigenvalue weighted by molar-refractivity contribution is -0.119. The topological polar surface area (TPSA) is 54.5 Å². The van der Waals surface area contributed by atoms with E-state index in [0.717, 1.165) is 5.56 Å². The molecule has 0 fully saturated rings. The zero-order chi connectivity index (χ0) is 12.3. The van der Waals surface area contributed by atoms with Gasteiger partial charge in [-0.05, 0) is 11.6 Å². The average molecular weight is 251 g/mol. The van der Waals surface area contributed by atoms with Gasteiger partial charge in [0.05, 0.1) is 11.8 Å². The summed E-state index contributed by atoms with van der Waals surface area (Å²) in [7, 11) is -3.12. The molecule has 4 nitrogen and oxygen atoms in total. The van der Waals surface area contributed by atoms with E-state index in [-0.39, 0.29) is 11.8 Å². The first-order chi connectivity index (χ1) is 8.11. The van der Waals surface area contributed by atoms with Crippen molar-refractivity contribution in [2.24, 2.45) is 0 Å². The fourth-order valence-electron chi connectivity index (χ4n) is 1.79. The molecule has 0 unspecified atom stereocenters. The van der Waals surface area contributed by atoms with E-state index in [4.69, 9.17) is 0 Å². The molecule has 0 radical (unpaired) electrons. The van der Waals surface area contributed by atoms with Crippen LogP contribution in [0.4, 0.5) is 0 Å². The molecule has 0 aromatic heterocycles. The van der Waals surface area contributed by atoms with Gasteiger partial charge in [0.2, 0.25) is 6.41 Å². The highest BCUT2D eigenvalue weighted by molar-refractivity contribution is 7.94. The Morgan fingerprint density at radius 2 is 2.00 bits per heavy atom. The molecule has 1 aliphatic heterocycles. The van der Waals surface area contributed by atoms with Crippen molar-refractivity contribution < 1.29 is 13.2 Å². The van der Waals surface area contributed by atoms with Crippen molar-refractivity contribution in [2.45, 2.75) is 12.6 Å². The maximum absolute atomic E-state index is 11.3. The highest BCUT2D eigenvalue weighted by Gasteiger charge is 2.26. The van der Waals surface area contributed by atoms with Gasteiger partial charge in [0.25, 0.3) is 0 Å². The molecule has 0 N–H and O–H groups in total. The van der Waals surface area contributed by atoms with E-state index in [1.165, 1.54) is 10.3 Å². The van der Waals surface area contributed by atoms with E-state index in [1.807, 2.05) is 30.3 Å². The van der Waals surface area contributed by atoms with Crippen LogP contribution in [0.25, 0.3) is 0 Å². The van der Waals surface area contributed by atoms with Crippen molar-refractivity contribution >= 4 is 16.2 Å². The van der Waals surface area contributed by atoms with Crippen LogP contribution in [0.5, 0.6) is 0 Å². The van der Waals surface area contributed by atoms with Gasteiger partial charge >= 0.3 is 0 Å². The van der Waals surface area contributed by atoms with Gasteiger partial charge in [-0.15, -0.1) is 0 Å². The molecule has 1 heterocycles. The second-order valence-corrected chi connectivity index (χ2v) is 5.92. The Morgan fingerprint density at radius 1 is 1.29 bits per heavy atom. The summed E-state index contributed by atoms with van der Waals surface area (Å²) >= 11 is 0. The zero-order valence-electron chi connectivity index (χ0n) is 9.19. The molecule has 5 heteroatoms. The Morgan fingerprint density at radius 3 is 2.53 bits per heavy atom. The average Bonchev–Trinajstić information content (AvgIpc) is 2.68. The molecule has 1 atom stereocenters. The van der Waals surface area contributed by atoms with Crippen LogP contribution in [-0.4, -0.2) is 31.5 Å². The summed E-state index contributed by atoms with van der Waals surface area (Å²) in [4.78, 5) is 12.5. The number of hydrogen-bond donors (Lipinski definition) is 0. The molecule has 17 heavy (non-hydrogen) atoms. The molecule has 1 aliphatic rings. The summed E-state index contributed by atoms with van der Waals surface area (Å²) in [5.74, 6) is -0.0153. The van der Waals surface area contributed by atoms with Crippen molar-refractivity contribution in [3.63, 3.8) is 0 Å². The lowest BCUT2D eigenvalue weighted by Crippen LogP contribution is -2.34. The number of rotatable bonds is 4. The maximum atomic E-state index is 11.3. The lowest BCUT2D eigenvalue weighted by Gasteiger charge is -2.22. The minimum Gasteiger partial charge on any atom is -0.333 e. The third kappa shape index (κ3) is 2.94. The molecule has 0 saturated heterocycles. The Kier molecular flexibility index (Phi) is 3.28. The third-order valence-corrected chi connectivity index (χ3v) is 4.06. The molecule has 1 aromatic carbocycles. The number of carbonyl (C=O) groups excluding carboxylic acids is 1. The second-order valence-electron chi connectivity index (χ2n) is 3.99. The van der Waals surface area contributed by atoms with E-state index >= 15 is 0 Å². The van der Waals surface area contributed by atoms with Crippen molar-refractivity contribution in [2.75, 3.05) is 5.75 Å². The highest BCUT2D eigenvalue weighted by atomic mass is 32.2. The predicted octanol–water partition coefficient (Wildman–Crippen LogP) is 0.956. The van der Waals surface area contributed by atoms with Crippen molar-refractivity contribution in [3.8, 4) is 0 Å². The zero-order valence-corrected chi connectivity index (χ0v) is 10.0. The molecular formula is C12H13NO3S. The molecule has 0 aliphatic carbocycles. The molecule has 90 valence electrons. The normalized spacial score (nSPS) is 21.3. The van der Waals surface area contributed by atoms with Crippen LogP contribution in [0.1, 0.15) is 5.56 Å². The van der Waals surface area contributed by atoms with Crippen molar-refractivity contribution in [1.82, 2.24) is 4.90 Å². The number of amides is 1. The van der Waals surface area contributed by atoms with Crippen LogP contribution in [0.15, 0.2) is 41.8 Å². The van der Waals surface area contributed by atoms with E-state index < -0.39 is 9.84 Å². The number of benzene rings is 1. The van der Waals surface area contributed by atoms with Gasteiger partial charge in [-0.3, -0.25) is 4.79 Å². The van der Waals surface area contributed by atoms with Crippen molar-refractivity contribution in [1.29, 1.82) is 0 Å². The fraction of sp³-hybridized carbons (Fsp3) is 0.250. The molecule has 0 bridgehead atoms. The fourth-order valence-corrected chi connectivity index (χ4v) is 3.10. The van der Waals surface area contributed by atoms with Gasteiger partial charge in [0, 0.05) is 12.0 Å². The highest BCUT2D eigenvalue weighted by Crippen LogP contribution is 2.15. The Hall–Kier alpha value is -1.62. The van der Waals surface area contributed by atoms with Gasteiger partial charge in [0.15, 0.2) is 9.84 Å². The Bertz CT molecular complexity index is 522. The molecule has 0 saturated carbocycles. The van der Waals surface area contributed by atoms with Crippen LogP contribution in [-0.2, 0) is 21.2 Å². The summed E-state index contributed by atoms with van der Waals surface area (Å²) in [6, 6.07) is 9.14. The molecule has 1 aromatic rings. The minimum atomic E-state index is -3.12. The summed E-state index contributed by atoms with van der Waals surface area (Å²) in [6.45, 7) is 0.425. The number of hydrogen-bond acceptors (Lipinski definition) is 3. The smallest absolute Gasteiger partial charge is 0.210 e. The SMILES string of the molecule is O=CN(Cc1ccccc1)[C@H]1C=CS(=O)(=O)C1. The first-order valence-electron chi connectivity index (χ1n) is 5.27. The molecular weight excluding hydrogens is 238 g/mol. The number of nitrogens with zero attached hydrogens (tertiary/aromatic N) is 1. The van der Waals surface area contributed by atoms with Crippen LogP contribution in [0, 0.1) is 0 Å². The van der Waals surface area contributed by atoms with Crippen LogP contribution >= 0.6 is 0 Å².